The van der Waals surface area contributed by atoms with E-state index in [4.69, 9.17) is 0 Å². The Morgan fingerprint density at radius 2 is 1.21 bits per heavy atom. The second kappa shape index (κ2) is 5.17. The molecule has 2 rings (SSSR count). The monoisotopic (exact) mass is 346 g/mol. The zero-order valence-electron chi connectivity index (χ0n) is 11.8. The quantitative estimate of drug-likeness (QED) is 0.189. The molecule has 0 saturated carbocycles. The smallest absolute Gasteiger partial charge is 0.333 e. The fraction of sp³-hybridized carbons (Fsp3) is 0.333. The number of aliphatic hydroxyl groups is 8. The van der Waals surface area contributed by atoms with E-state index in [2.05, 4.69) is 0 Å². The average Bonchev–Trinajstić information content (AvgIpc) is 2.46. The molecule has 1 heterocycles. The normalized spacial score (nSPS) is 23.7. The van der Waals surface area contributed by atoms with E-state index in [1.807, 2.05) is 0 Å². The maximum absolute atomic E-state index is 12.3. The summed E-state index contributed by atoms with van der Waals surface area (Å²) in [6, 6.07) is 6.22. The Morgan fingerprint density at radius 3 is 1.58 bits per heavy atom. The first-order valence-electron chi connectivity index (χ1n) is 6.27. The molecule has 24 heavy (non-hydrogen) atoms. The Morgan fingerprint density at radius 1 is 0.792 bits per heavy atom. The van der Waals surface area contributed by atoms with E-state index in [1.54, 1.807) is 0 Å². The number of benzene rings is 1. The van der Waals surface area contributed by atoms with Gasteiger partial charge in [0.05, 0.1) is 0 Å². The number of rotatable bonds is 2. The first-order chi connectivity index (χ1) is 10.8. The van der Waals surface area contributed by atoms with Crippen LogP contribution in [0.3, 0.4) is 0 Å². The largest absolute Gasteiger partial charge is 0.343 e. The number of carbonyl (C=O) groups excluding carboxylic acids is 2. The number of hydrogen-bond acceptors (Lipinski definition) is 10. The van der Waals surface area contributed by atoms with Crippen molar-refractivity contribution >= 4 is 12.3 Å². The lowest BCUT2D eigenvalue weighted by molar-refractivity contribution is -0.587. The van der Waals surface area contributed by atoms with Crippen LogP contribution in [0.4, 0.5) is 0 Å². The minimum atomic E-state index is -4.25. The zero-order valence-corrected chi connectivity index (χ0v) is 11.8. The van der Waals surface area contributed by atoms with Gasteiger partial charge in [0, 0.05) is 5.56 Å². The van der Waals surface area contributed by atoms with Crippen molar-refractivity contribution in [2.24, 2.45) is 0 Å². The average molecular weight is 346 g/mol. The van der Waals surface area contributed by atoms with Gasteiger partial charge in [-0.25, -0.2) is 9.80 Å². The first kappa shape index (κ1) is 18.2. The van der Waals surface area contributed by atoms with E-state index in [9.17, 15) is 50.4 Å². The minimum absolute atomic E-state index is 0.413. The Hall–Kier alpha value is -2.16. The molecule has 2 amide bonds. The molecule has 132 valence electrons. The summed E-state index contributed by atoms with van der Waals surface area (Å²) in [6.45, 7) is 0. The molecular weight excluding hydrogens is 332 g/mol. The van der Waals surface area contributed by atoms with Gasteiger partial charge in [0.25, 0.3) is 5.91 Å². The second-order valence-corrected chi connectivity index (χ2v) is 5.02. The van der Waals surface area contributed by atoms with Crippen LogP contribution in [-0.4, -0.2) is 86.6 Å². The predicted molar refractivity (Wildman–Crippen MR) is 69.2 cm³/mol. The van der Waals surface area contributed by atoms with E-state index in [0.717, 1.165) is 12.1 Å². The molecule has 0 aliphatic carbocycles. The first-order valence-corrected chi connectivity index (χ1v) is 6.27. The molecule has 1 fully saturated rings. The molecule has 8 N–H and O–H groups in total. The lowest BCUT2D eigenvalue weighted by Crippen LogP contribution is -2.90. The van der Waals surface area contributed by atoms with Crippen molar-refractivity contribution in [3.05, 3.63) is 35.9 Å². The highest BCUT2D eigenvalue weighted by Crippen LogP contribution is 2.43. The van der Waals surface area contributed by atoms with Gasteiger partial charge in [0.15, 0.2) is 0 Å². The summed E-state index contributed by atoms with van der Waals surface area (Å²) in [7, 11) is 0. The number of carbonyl (C=O) groups is 2. The van der Waals surface area contributed by atoms with Gasteiger partial charge >= 0.3 is 23.6 Å². The summed E-state index contributed by atoms with van der Waals surface area (Å²) in [4.78, 5) is 21.5. The number of amides is 2. The van der Waals surface area contributed by atoms with Gasteiger partial charge < -0.3 is 40.9 Å². The molecule has 12 heteroatoms. The summed E-state index contributed by atoms with van der Waals surface area (Å²) in [5.41, 5.74) is -0.413. The third-order valence-corrected chi connectivity index (χ3v) is 3.52. The Bertz CT molecular complexity index is 629. The van der Waals surface area contributed by atoms with E-state index in [-0.39, 0.29) is 0 Å². The highest BCUT2D eigenvalue weighted by molar-refractivity contribution is 5.95. The van der Waals surface area contributed by atoms with E-state index in [1.165, 1.54) is 18.2 Å². The van der Waals surface area contributed by atoms with Gasteiger partial charge in [-0.1, -0.05) is 18.2 Å². The van der Waals surface area contributed by atoms with Gasteiger partial charge in [0.2, 0.25) is 6.41 Å². The maximum Gasteiger partial charge on any atom is 0.333 e. The summed E-state index contributed by atoms with van der Waals surface area (Å²) in [5, 5.41) is 78.4. The van der Waals surface area contributed by atoms with Gasteiger partial charge in [-0.3, -0.25) is 9.59 Å². The van der Waals surface area contributed by atoms with Crippen LogP contribution in [0.5, 0.6) is 0 Å². The zero-order chi connectivity index (χ0) is 18.6. The van der Waals surface area contributed by atoms with Crippen LogP contribution < -0.4 is 0 Å². The summed E-state index contributed by atoms with van der Waals surface area (Å²) < 4.78 is 0. The molecule has 0 atom stereocenters. The SMILES string of the molecule is O=CN1C(O)(O)C(O)(O)N(C(=O)c2ccccc2)C(O)(O)C1(O)O. The van der Waals surface area contributed by atoms with Crippen molar-refractivity contribution in [2.75, 3.05) is 0 Å². The Kier molecular flexibility index (Phi) is 3.92. The van der Waals surface area contributed by atoms with Crippen LogP contribution in [0.1, 0.15) is 10.4 Å². The topological polar surface area (TPSA) is 202 Å². The maximum atomic E-state index is 12.3. The Balaban J connectivity index is 2.69. The van der Waals surface area contributed by atoms with Gasteiger partial charge in [-0.15, -0.1) is 0 Å². The van der Waals surface area contributed by atoms with Crippen molar-refractivity contribution in [1.29, 1.82) is 0 Å². The van der Waals surface area contributed by atoms with Gasteiger partial charge in [-0.2, -0.15) is 0 Å². The third-order valence-electron chi connectivity index (χ3n) is 3.52. The van der Waals surface area contributed by atoms with Gasteiger partial charge in [-0.05, 0) is 12.1 Å². The van der Waals surface area contributed by atoms with Crippen LogP contribution in [0.15, 0.2) is 30.3 Å². The number of nitrogens with zero attached hydrogens (tertiary/aromatic N) is 2. The molecule has 0 bridgehead atoms. The van der Waals surface area contributed by atoms with Crippen molar-refractivity contribution < 1.29 is 50.4 Å². The summed E-state index contributed by atoms with van der Waals surface area (Å²) in [5.74, 6) is -18.6. The Labute approximate surface area is 133 Å². The molecule has 1 aromatic rings. The lowest BCUT2D eigenvalue weighted by Gasteiger charge is -2.59. The van der Waals surface area contributed by atoms with E-state index >= 15 is 0 Å². The summed E-state index contributed by atoms with van der Waals surface area (Å²) in [6.07, 6.45) is -0.716. The van der Waals surface area contributed by atoms with Crippen LogP contribution >= 0.6 is 0 Å². The summed E-state index contributed by atoms with van der Waals surface area (Å²) >= 11 is 0. The molecule has 1 aliphatic rings. The van der Waals surface area contributed by atoms with E-state index in [0.29, 0.717) is 0 Å². The lowest BCUT2D eigenvalue weighted by atomic mass is 10.0. The molecule has 0 unspecified atom stereocenters. The van der Waals surface area contributed by atoms with Crippen molar-refractivity contribution in [2.45, 2.75) is 23.6 Å². The van der Waals surface area contributed by atoms with Crippen LogP contribution in [-0.2, 0) is 4.79 Å². The second-order valence-electron chi connectivity index (χ2n) is 5.02. The molecular formula is C12H14N2O10. The van der Waals surface area contributed by atoms with E-state index < -0.39 is 51.3 Å². The highest BCUT2D eigenvalue weighted by Gasteiger charge is 2.78. The van der Waals surface area contributed by atoms with Gasteiger partial charge in [0.1, 0.15) is 0 Å². The molecule has 1 aromatic carbocycles. The number of hydrogen-bond donors (Lipinski definition) is 8. The predicted octanol–water partition coefficient (Wildman–Crippen LogP) is -4.85. The molecule has 1 aliphatic heterocycles. The molecule has 1 saturated heterocycles. The van der Waals surface area contributed by atoms with Crippen LogP contribution in [0.2, 0.25) is 0 Å². The fourth-order valence-electron chi connectivity index (χ4n) is 2.20. The minimum Gasteiger partial charge on any atom is -0.343 e. The fourth-order valence-corrected chi connectivity index (χ4v) is 2.20. The number of piperazine rings is 1. The van der Waals surface area contributed by atoms with Crippen molar-refractivity contribution in [1.82, 2.24) is 9.80 Å². The highest BCUT2D eigenvalue weighted by atomic mass is 16.7. The van der Waals surface area contributed by atoms with Crippen molar-refractivity contribution in [3.63, 3.8) is 0 Å². The van der Waals surface area contributed by atoms with Crippen LogP contribution in [0.25, 0.3) is 0 Å². The molecule has 0 spiro atoms. The van der Waals surface area contributed by atoms with Crippen LogP contribution in [0, 0.1) is 0 Å². The van der Waals surface area contributed by atoms with Crippen molar-refractivity contribution in [3.8, 4) is 0 Å². The standard InChI is InChI=1S/C12H14N2O10/c15-6-13-9(17,18)11(21,22)14(12(23,24)10(13,19)20)8(16)7-4-2-1-3-5-7/h1-6,17-24H. The third kappa shape index (κ3) is 2.10. The molecule has 12 nitrogen and oxygen atoms in total. The molecule has 0 aromatic heterocycles. The molecule has 0 radical (unpaired) electrons.